The molecule has 0 saturated heterocycles. The number of nitrogens with one attached hydrogen (secondary N) is 1. The summed E-state index contributed by atoms with van der Waals surface area (Å²) in [6.07, 6.45) is 2.27. The predicted octanol–water partition coefficient (Wildman–Crippen LogP) is 1.45. The standard InChI is InChI=1S/C9H15N5/c1-3-4-5-14-9-7(6(2)13-14)8(10)11-12-9/h3-5H2,1-2H3,(H3,10,11,12). The van der Waals surface area contributed by atoms with Crippen LogP contribution in [0.1, 0.15) is 25.5 Å². The highest BCUT2D eigenvalue weighted by Gasteiger charge is 2.12. The molecule has 5 heteroatoms. The smallest absolute Gasteiger partial charge is 0.182 e. The molecule has 0 atom stereocenters. The minimum absolute atomic E-state index is 0.611. The number of nitrogen functional groups attached to an aromatic ring is 1. The van der Waals surface area contributed by atoms with E-state index >= 15 is 0 Å². The van der Waals surface area contributed by atoms with Crippen LogP contribution in [0.25, 0.3) is 11.0 Å². The lowest BCUT2D eigenvalue weighted by atomic mass is 10.3. The molecule has 0 spiro atoms. The average molecular weight is 193 g/mol. The summed E-state index contributed by atoms with van der Waals surface area (Å²) in [4.78, 5) is 0. The topological polar surface area (TPSA) is 72.5 Å². The largest absolute Gasteiger partial charge is 0.383 e. The predicted molar refractivity (Wildman–Crippen MR) is 55.9 cm³/mol. The lowest BCUT2D eigenvalue weighted by Crippen LogP contribution is -2.00. The SMILES string of the molecule is CCCCn1nc(C)c2c(N)[nH]nc21. The number of fused-ring (bicyclic) bond motifs is 1. The fourth-order valence-corrected chi connectivity index (χ4v) is 1.63. The number of nitrogens with two attached hydrogens (primary N) is 1. The number of unbranched alkanes of at least 4 members (excludes halogenated alkanes) is 1. The first-order chi connectivity index (χ1) is 6.74. The number of nitrogens with zero attached hydrogens (tertiary/aromatic N) is 3. The molecular formula is C9H15N5. The molecular weight excluding hydrogens is 178 g/mol. The fraction of sp³-hybridized carbons (Fsp3) is 0.556. The molecule has 0 aliphatic heterocycles. The van der Waals surface area contributed by atoms with Crippen LogP contribution in [0.15, 0.2) is 0 Å². The molecule has 0 saturated carbocycles. The summed E-state index contributed by atoms with van der Waals surface area (Å²) in [6, 6.07) is 0. The third-order valence-electron chi connectivity index (χ3n) is 2.38. The number of rotatable bonds is 3. The molecule has 2 aromatic rings. The molecule has 3 N–H and O–H groups in total. The van der Waals surface area contributed by atoms with Gasteiger partial charge in [-0.05, 0) is 13.3 Å². The number of H-pyrrole nitrogens is 1. The molecule has 0 amide bonds. The number of aromatic nitrogens is 4. The molecule has 2 aromatic heterocycles. The van der Waals surface area contributed by atoms with Gasteiger partial charge < -0.3 is 5.73 Å². The van der Waals surface area contributed by atoms with Gasteiger partial charge in [0.05, 0.1) is 11.1 Å². The van der Waals surface area contributed by atoms with Crippen LogP contribution in [0, 0.1) is 6.92 Å². The lowest BCUT2D eigenvalue weighted by Gasteiger charge is -1.97. The highest BCUT2D eigenvalue weighted by molar-refractivity contribution is 5.88. The molecule has 0 aromatic carbocycles. The molecule has 76 valence electrons. The molecule has 5 nitrogen and oxygen atoms in total. The Balaban J connectivity index is 2.45. The minimum Gasteiger partial charge on any atom is -0.383 e. The van der Waals surface area contributed by atoms with E-state index in [0.29, 0.717) is 5.82 Å². The number of hydrogen-bond donors (Lipinski definition) is 2. The summed E-state index contributed by atoms with van der Waals surface area (Å²) in [6.45, 7) is 5.02. The highest BCUT2D eigenvalue weighted by atomic mass is 15.3. The van der Waals surface area contributed by atoms with Crippen LogP contribution in [-0.2, 0) is 6.54 Å². The van der Waals surface area contributed by atoms with E-state index in [-0.39, 0.29) is 0 Å². The van der Waals surface area contributed by atoms with Gasteiger partial charge in [-0.3, -0.25) is 5.10 Å². The lowest BCUT2D eigenvalue weighted by molar-refractivity contribution is 0.579. The van der Waals surface area contributed by atoms with Crippen LogP contribution < -0.4 is 5.73 Å². The van der Waals surface area contributed by atoms with Crippen molar-refractivity contribution in [2.45, 2.75) is 33.2 Å². The Bertz CT molecular complexity index is 439. The molecule has 2 rings (SSSR count). The second kappa shape index (κ2) is 3.32. The van der Waals surface area contributed by atoms with Crippen molar-refractivity contribution in [3.05, 3.63) is 5.69 Å². The van der Waals surface area contributed by atoms with Gasteiger partial charge in [-0.2, -0.15) is 10.2 Å². The zero-order valence-corrected chi connectivity index (χ0v) is 8.54. The molecule has 0 radical (unpaired) electrons. The van der Waals surface area contributed by atoms with Crippen LogP contribution in [0.2, 0.25) is 0 Å². The van der Waals surface area contributed by atoms with Crippen molar-refractivity contribution in [3.63, 3.8) is 0 Å². The molecule has 0 bridgehead atoms. The van der Waals surface area contributed by atoms with E-state index < -0.39 is 0 Å². The maximum Gasteiger partial charge on any atom is 0.182 e. The van der Waals surface area contributed by atoms with E-state index in [1.807, 2.05) is 11.6 Å². The Kier molecular flexibility index (Phi) is 2.15. The number of aromatic amines is 1. The van der Waals surface area contributed by atoms with Gasteiger partial charge in [0, 0.05) is 6.54 Å². The molecule has 0 fully saturated rings. The van der Waals surface area contributed by atoms with Crippen molar-refractivity contribution in [1.29, 1.82) is 0 Å². The third-order valence-corrected chi connectivity index (χ3v) is 2.38. The Labute approximate surface area is 82.3 Å². The summed E-state index contributed by atoms with van der Waals surface area (Å²) in [5, 5.41) is 12.3. The maximum absolute atomic E-state index is 5.75. The third kappa shape index (κ3) is 1.25. The van der Waals surface area contributed by atoms with Gasteiger partial charge in [0.15, 0.2) is 5.65 Å². The Hall–Kier alpha value is -1.52. The van der Waals surface area contributed by atoms with Gasteiger partial charge in [-0.1, -0.05) is 13.3 Å². The average Bonchev–Trinajstić information content (AvgIpc) is 2.67. The van der Waals surface area contributed by atoms with Gasteiger partial charge >= 0.3 is 0 Å². The van der Waals surface area contributed by atoms with Crippen LogP contribution in [0.5, 0.6) is 0 Å². The van der Waals surface area contributed by atoms with Crippen molar-refractivity contribution in [2.24, 2.45) is 0 Å². The van der Waals surface area contributed by atoms with E-state index in [2.05, 4.69) is 22.2 Å². The normalized spacial score (nSPS) is 11.3. The zero-order chi connectivity index (χ0) is 10.1. The van der Waals surface area contributed by atoms with Crippen LogP contribution in [0.3, 0.4) is 0 Å². The highest BCUT2D eigenvalue weighted by Crippen LogP contribution is 2.21. The van der Waals surface area contributed by atoms with Crippen molar-refractivity contribution < 1.29 is 0 Å². The maximum atomic E-state index is 5.75. The zero-order valence-electron chi connectivity index (χ0n) is 8.54. The van der Waals surface area contributed by atoms with Crippen LogP contribution >= 0.6 is 0 Å². The van der Waals surface area contributed by atoms with Crippen molar-refractivity contribution in [3.8, 4) is 0 Å². The van der Waals surface area contributed by atoms with Crippen molar-refractivity contribution >= 4 is 16.9 Å². The monoisotopic (exact) mass is 193 g/mol. The van der Waals surface area contributed by atoms with Crippen molar-refractivity contribution in [2.75, 3.05) is 5.73 Å². The number of hydrogen-bond acceptors (Lipinski definition) is 3. The Morgan fingerprint density at radius 3 is 3.00 bits per heavy atom. The van der Waals surface area contributed by atoms with E-state index in [1.54, 1.807) is 0 Å². The van der Waals surface area contributed by atoms with Crippen molar-refractivity contribution in [1.82, 2.24) is 20.0 Å². The summed E-state index contributed by atoms with van der Waals surface area (Å²) < 4.78 is 1.92. The van der Waals surface area contributed by atoms with E-state index in [1.165, 1.54) is 0 Å². The van der Waals surface area contributed by atoms with Gasteiger partial charge in [0.2, 0.25) is 0 Å². The van der Waals surface area contributed by atoms with Gasteiger partial charge in [-0.15, -0.1) is 0 Å². The second-order valence-corrected chi connectivity index (χ2v) is 3.50. The van der Waals surface area contributed by atoms with E-state index in [0.717, 1.165) is 36.1 Å². The first-order valence-electron chi connectivity index (χ1n) is 4.91. The Morgan fingerprint density at radius 2 is 2.29 bits per heavy atom. The molecule has 2 heterocycles. The first kappa shape index (κ1) is 9.05. The number of aryl methyl sites for hydroxylation is 2. The molecule has 0 unspecified atom stereocenters. The second-order valence-electron chi connectivity index (χ2n) is 3.50. The summed E-state index contributed by atoms with van der Waals surface area (Å²) in [7, 11) is 0. The molecule has 0 aliphatic carbocycles. The number of anilines is 1. The molecule has 14 heavy (non-hydrogen) atoms. The molecule has 0 aliphatic rings. The van der Waals surface area contributed by atoms with E-state index in [4.69, 9.17) is 5.73 Å². The van der Waals surface area contributed by atoms with Crippen LogP contribution in [0.4, 0.5) is 5.82 Å². The Morgan fingerprint density at radius 1 is 1.50 bits per heavy atom. The summed E-state index contributed by atoms with van der Waals surface area (Å²) in [5.41, 5.74) is 7.56. The quantitative estimate of drug-likeness (QED) is 0.774. The first-order valence-corrected chi connectivity index (χ1v) is 4.91. The van der Waals surface area contributed by atoms with Gasteiger partial charge in [0.1, 0.15) is 5.82 Å². The minimum atomic E-state index is 0.611. The summed E-state index contributed by atoms with van der Waals surface area (Å²) >= 11 is 0. The fourth-order valence-electron chi connectivity index (χ4n) is 1.63. The van der Waals surface area contributed by atoms with Crippen LogP contribution in [-0.4, -0.2) is 20.0 Å². The van der Waals surface area contributed by atoms with E-state index in [9.17, 15) is 0 Å². The van der Waals surface area contributed by atoms with Gasteiger partial charge in [-0.25, -0.2) is 4.68 Å². The summed E-state index contributed by atoms with van der Waals surface area (Å²) in [5.74, 6) is 0.611. The van der Waals surface area contributed by atoms with Gasteiger partial charge in [0.25, 0.3) is 0 Å².